The molecule has 0 spiro atoms. The van der Waals surface area contributed by atoms with Crippen molar-refractivity contribution in [2.75, 3.05) is 0 Å². The quantitative estimate of drug-likeness (QED) is 0.587. The molecule has 1 aliphatic rings. The molecule has 0 N–H and O–H groups in total. The van der Waals surface area contributed by atoms with Crippen molar-refractivity contribution in [3.05, 3.63) is 75.9 Å². The normalized spacial score (nSPS) is 15.9. The minimum Gasteiger partial charge on any atom is -0.278 e. The molecule has 2 heterocycles. The molecule has 3 heteroatoms. The van der Waals surface area contributed by atoms with E-state index in [2.05, 4.69) is 50.0 Å². The molecule has 0 atom stereocenters. The number of hydrogen-bond donors (Lipinski definition) is 0. The van der Waals surface area contributed by atoms with Crippen LogP contribution in [0.15, 0.2) is 53.7 Å². The number of aryl methyl sites for hydroxylation is 1. The first-order valence-corrected chi connectivity index (χ1v) is 8.56. The van der Waals surface area contributed by atoms with Crippen molar-refractivity contribution in [1.29, 1.82) is 0 Å². The first-order chi connectivity index (χ1) is 11.4. The number of aromatic nitrogens is 1. The lowest BCUT2D eigenvalue weighted by molar-refractivity contribution is 0.512. The van der Waals surface area contributed by atoms with E-state index in [1.54, 1.807) is 0 Å². The zero-order valence-corrected chi connectivity index (χ0v) is 14.9. The summed E-state index contributed by atoms with van der Waals surface area (Å²) in [6.45, 7) is 6.55. The fourth-order valence-electron chi connectivity index (χ4n) is 3.47. The van der Waals surface area contributed by atoms with Gasteiger partial charge < -0.3 is 0 Å². The summed E-state index contributed by atoms with van der Waals surface area (Å²) in [5, 5.41) is 1.72. The third-order valence-electron chi connectivity index (χ3n) is 4.62. The zero-order valence-electron chi connectivity index (χ0n) is 14.1. The van der Waals surface area contributed by atoms with Crippen LogP contribution in [0, 0.1) is 6.92 Å². The van der Waals surface area contributed by atoms with Gasteiger partial charge in [0.1, 0.15) is 0 Å². The molecule has 2 nitrogen and oxygen atoms in total. The molecule has 4 rings (SSSR count). The molecule has 0 amide bonds. The van der Waals surface area contributed by atoms with Crippen molar-refractivity contribution in [2.24, 2.45) is 4.99 Å². The van der Waals surface area contributed by atoms with Gasteiger partial charge in [-0.15, -0.1) is 0 Å². The van der Waals surface area contributed by atoms with Crippen LogP contribution in [0.2, 0.25) is 5.02 Å². The van der Waals surface area contributed by atoms with Crippen molar-refractivity contribution < 1.29 is 0 Å². The second-order valence-electron chi connectivity index (χ2n) is 7.09. The minimum absolute atomic E-state index is 0.113. The number of nitrogens with zero attached hydrogens (tertiary/aromatic N) is 2. The van der Waals surface area contributed by atoms with Crippen molar-refractivity contribution in [1.82, 2.24) is 4.98 Å². The minimum atomic E-state index is -0.113. The molecule has 0 fully saturated rings. The lowest BCUT2D eigenvalue weighted by atomic mass is 9.83. The number of hydrogen-bond acceptors (Lipinski definition) is 2. The first-order valence-electron chi connectivity index (χ1n) is 8.18. The van der Waals surface area contributed by atoms with Crippen LogP contribution < -0.4 is 0 Å². The molecule has 120 valence electrons. The van der Waals surface area contributed by atoms with Gasteiger partial charge in [0, 0.05) is 22.7 Å². The number of benzene rings is 2. The monoisotopic (exact) mass is 334 g/mol. The number of halogens is 1. The fraction of sp³-hybridized carbons (Fsp3) is 0.238. The Labute approximate surface area is 147 Å². The topological polar surface area (TPSA) is 25.2 Å². The summed E-state index contributed by atoms with van der Waals surface area (Å²) in [6, 6.07) is 14.5. The average Bonchev–Trinajstić information content (AvgIpc) is 2.54. The summed E-state index contributed by atoms with van der Waals surface area (Å²) in [5.74, 6) is 0. The molecule has 2 aromatic carbocycles. The van der Waals surface area contributed by atoms with Gasteiger partial charge in [-0.2, -0.15) is 0 Å². The highest BCUT2D eigenvalue weighted by Crippen LogP contribution is 2.32. The van der Waals surface area contributed by atoms with E-state index in [4.69, 9.17) is 16.6 Å². The Morgan fingerprint density at radius 1 is 1.08 bits per heavy atom. The van der Waals surface area contributed by atoms with Gasteiger partial charge in [-0.3, -0.25) is 9.98 Å². The summed E-state index contributed by atoms with van der Waals surface area (Å²) in [4.78, 5) is 9.63. The lowest BCUT2D eigenvalue weighted by Crippen LogP contribution is -2.30. The number of fused-ring (bicyclic) bond motifs is 2. The third-order valence-corrected chi connectivity index (χ3v) is 4.93. The summed E-state index contributed by atoms with van der Waals surface area (Å²) in [6.07, 6.45) is 2.85. The summed E-state index contributed by atoms with van der Waals surface area (Å²) < 4.78 is 0. The van der Waals surface area contributed by atoms with E-state index in [-0.39, 0.29) is 5.54 Å². The smallest absolute Gasteiger partial charge is 0.0888 e. The van der Waals surface area contributed by atoms with Crippen molar-refractivity contribution in [3.63, 3.8) is 0 Å². The molecule has 0 saturated carbocycles. The van der Waals surface area contributed by atoms with Gasteiger partial charge in [0.05, 0.1) is 21.8 Å². The fourth-order valence-corrected chi connectivity index (χ4v) is 3.70. The number of para-hydroxylation sites is 1. The van der Waals surface area contributed by atoms with E-state index in [0.29, 0.717) is 5.02 Å². The zero-order chi connectivity index (χ0) is 16.9. The van der Waals surface area contributed by atoms with E-state index >= 15 is 0 Å². The van der Waals surface area contributed by atoms with Crippen molar-refractivity contribution >= 4 is 28.2 Å². The van der Waals surface area contributed by atoms with E-state index in [9.17, 15) is 0 Å². The predicted octanol–water partition coefficient (Wildman–Crippen LogP) is 5.37. The number of pyridine rings is 1. The van der Waals surface area contributed by atoms with E-state index in [1.807, 2.05) is 24.4 Å². The van der Waals surface area contributed by atoms with E-state index < -0.39 is 0 Å². The number of aliphatic imine (C=N–C) groups is 1. The van der Waals surface area contributed by atoms with E-state index in [1.165, 1.54) is 16.7 Å². The second kappa shape index (κ2) is 5.42. The molecular weight excluding hydrogens is 316 g/mol. The Bertz CT molecular complexity index is 986. The highest BCUT2D eigenvalue weighted by atomic mass is 35.5. The Hall–Kier alpha value is -2.19. The summed E-state index contributed by atoms with van der Waals surface area (Å²) in [5.41, 5.74) is 6.73. The van der Waals surface area contributed by atoms with Gasteiger partial charge in [0.15, 0.2) is 0 Å². The molecule has 0 aliphatic carbocycles. The largest absolute Gasteiger partial charge is 0.278 e. The summed E-state index contributed by atoms with van der Waals surface area (Å²) in [7, 11) is 0. The SMILES string of the molecule is Cc1cccc2c1CC(C)(C)N=C2c1cnc2c(Cl)cccc2c1. The Morgan fingerprint density at radius 2 is 1.88 bits per heavy atom. The molecule has 0 bridgehead atoms. The average molecular weight is 335 g/mol. The van der Waals surface area contributed by atoms with E-state index in [0.717, 1.165) is 28.6 Å². The third kappa shape index (κ3) is 2.51. The maximum Gasteiger partial charge on any atom is 0.0888 e. The molecule has 1 aromatic heterocycles. The maximum absolute atomic E-state index is 6.25. The van der Waals surface area contributed by atoms with Crippen LogP contribution in [-0.2, 0) is 6.42 Å². The van der Waals surface area contributed by atoms with Crippen LogP contribution in [0.4, 0.5) is 0 Å². The Morgan fingerprint density at radius 3 is 2.71 bits per heavy atom. The van der Waals surface area contributed by atoms with Crippen molar-refractivity contribution in [3.8, 4) is 0 Å². The van der Waals surface area contributed by atoms with Crippen LogP contribution in [0.3, 0.4) is 0 Å². The second-order valence-corrected chi connectivity index (χ2v) is 7.49. The maximum atomic E-state index is 6.25. The molecule has 24 heavy (non-hydrogen) atoms. The van der Waals surface area contributed by atoms with Gasteiger partial charge in [0.25, 0.3) is 0 Å². The Balaban J connectivity index is 1.95. The Kier molecular flexibility index (Phi) is 3.47. The van der Waals surface area contributed by atoms with Gasteiger partial charge in [-0.05, 0) is 50.5 Å². The van der Waals surface area contributed by atoms with Crippen LogP contribution >= 0.6 is 11.6 Å². The lowest BCUT2D eigenvalue weighted by Gasteiger charge is -2.30. The molecule has 0 saturated heterocycles. The molecule has 0 radical (unpaired) electrons. The van der Waals surface area contributed by atoms with Gasteiger partial charge in [0.2, 0.25) is 0 Å². The van der Waals surface area contributed by atoms with Crippen LogP contribution in [0.1, 0.15) is 36.1 Å². The van der Waals surface area contributed by atoms with Gasteiger partial charge >= 0.3 is 0 Å². The number of rotatable bonds is 1. The van der Waals surface area contributed by atoms with Crippen LogP contribution in [0.25, 0.3) is 10.9 Å². The van der Waals surface area contributed by atoms with Gasteiger partial charge in [-0.1, -0.05) is 41.9 Å². The molecule has 1 aliphatic heterocycles. The highest BCUT2D eigenvalue weighted by Gasteiger charge is 2.28. The standard InChI is InChI=1S/C21H19ClN2/c1-13-6-4-8-16-17(13)11-21(2,3)24-19(16)15-10-14-7-5-9-18(22)20(14)23-12-15/h4-10,12H,11H2,1-3H3. The molecule has 0 unspecified atom stereocenters. The van der Waals surface area contributed by atoms with Crippen LogP contribution in [0.5, 0.6) is 0 Å². The molecule has 3 aromatic rings. The van der Waals surface area contributed by atoms with Gasteiger partial charge in [-0.25, -0.2) is 0 Å². The predicted molar refractivity (Wildman–Crippen MR) is 101 cm³/mol. The molecular formula is C21H19ClN2. The first kappa shape index (κ1) is 15.3. The van der Waals surface area contributed by atoms with Crippen LogP contribution in [-0.4, -0.2) is 16.2 Å². The van der Waals surface area contributed by atoms with Crippen molar-refractivity contribution in [2.45, 2.75) is 32.7 Å². The highest BCUT2D eigenvalue weighted by molar-refractivity contribution is 6.35. The summed E-state index contributed by atoms with van der Waals surface area (Å²) >= 11 is 6.25.